The Labute approximate surface area is 109 Å². The highest BCUT2D eigenvalue weighted by Crippen LogP contribution is 2.19. The van der Waals surface area contributed by atoms with Crippen LogP contribution in [0.1, 0.15) is 5.56 Å². The molecule has 0 aliphatic carbocycles. The SMILES string of the molecule is N[C@@H](Cc1c(F)ccc2c1B(O)OCCO2)C(=O)O. The highest BCUT2D eigenvalue weighted by Gasteiger charge is 2.31. The predicted molar refractivity (Wildman–Crippen MR) is 64.8 cm³/mol. The zero-order valence-corrected chi connectivity index (χ0v) is 10.0. The van der Waals surface area contributed by atoms with Gasteiger partial charge in [-0.1, -0.05) is 0 Å². The van der Waals surface area contributed by atoms with Gasteiger partial charge >= 0.3 is 13.1 Å². The maximum absolute atomic E-state index is 13.8. The van der Waals surface area contributed by atoms with Crippen molar-refractivity contribution < 1.29 is 28.7 Å². The normalized spacial score (nSPS) is 16.3. The molecule has 4 N–H and O–H groups in total. The molecule has 1 aromatic rings. The molecule has 0 radical (unpaired) electrons. The van der Waals surface area contributed by atoms with E-state index in [1.807, 2.05) is 0 Å². The molecule has 6 nitrogen and oxygen atoms in total. The largest absolute Gasteiger partial charge is 0.495 e. The van der Waals surface area contributed by atoms with Gasteiger partial charge in [-0.25, -0.2) is 4.39 Å². The number of hydrogen-bond acceptors (Lipinski definition) is 5. The zero-order chi connectivity index (χ0) is 14.0. The van der Waals surface area contributed by atoms with Crippen LogP contribution in [0.3, 0.4) is 0 Å². The molecular formula is C11H13BFNO5. The second kappa shape index (κ2) is 5.56. The van der Waals surface area contributed by atoms with Crippen molar-refractivity contribution in [3.8, 4) is 5.75 Å². The third kappa shape index (κ3) is 2.86. The topological polar surface area (TPSA) is 102 Å². The second-order valence-corrected chi connectivity index (χ2v) is 4.16. The van der Waals surface area contributed by atoms with Crippen LogP contribution < -0.4 is 15.9 Å². The lowest BCUT2D eigenvalue weighted by molar-refractivity contribution is -0.138. The standard InChI is InChI=1S/C11H13BFNO5/c13-7-1-2-9-10(12(17)19-4-3-18-9)6(7)5-8(14)11(15)16/h1-2,8,17H,3-5,14H2,(H,15,16)/t8-/m0/s1. The molecule has 8 heteroatoms. The molecule has 2 rings (SSSR count). The lowest BCUT2D eigenvalue weighted by Gasteiger charge is -2.15. The van der Waals surface area contributed by atoms with Crippen LogP contribution in [0.25, 0.3) is 0 Å². The van der Waals surface area contributed by atoms with Gasteiger partial charge in [0.2, 0.25) is 0 Å². The number of carbonyl (C=O) groups is 1. The summed E-state index contributed by atoms with van der Waals surface area (Å²) in [6.45, 7) is 0.377. The Kier molecular flexibility index (Phi) is 4.03. The molecule has 1 heterocycles. The third-order valence-electron chi connectivity index (χ3n) is 2.86. The summed E-state index contributed by atoms with van der Waals surface area (Å²) in [4.78, 5) is 10.8. The van der Waals surface area contributed by atoms with Crippen LogP contribution in [0.15, 0.2) is 12.1 Å². The second-order valence-electron chi connectivity index (χ2n) is 4.16. The van der Waals surface area contributed by atoms with E-state index < -0.39 is 24.9 Å². The predicted octanol–water partition coefficient (Wildman–Crippen LogP) is -1.12. The molecule has 0 amide bonds. The summed E-state index contributed by atoms with van der Waals surface area (Å²) in [6, 6.07) is 1.26. The average molecular weight is 269 g/mol. The molecule has 0 aromatic heterocycles. The zero-order valence-electron chi connectivity index (χ0n) is 10.0. The smallest absolute Gasteiger partial charge is 0.492 e. The number of carboxylic acids is 1. The van der Waals surface area contributed by atoms with E-state index in [4.69, 9.17) is 20.2 Å². The van der Waals surface area contributed by atoms with Gasteiger partial charge < -0.3 is 25.3 Å². The molecule has 1 atom stereocenters. The Morgan fingerprint density at radius 2 is 2.26 bits per heavy atom. The Bertz CT molecular complexity index is 498. The van der Waals surface area contributed by atoms with Gasteiger partial charge in [-0.15, -0.1) is 0 Å². The number of nitrogens with two attached hydrogens (primary N) is 1. The van der Waals surface area contributed by atoms with Gasteiger partial charge in [-0.3, -0.25) is 4.79 Å². The highest BCUT2D eigenvalue weighted by atomic mass is 19.1. The number of aliphatic carboxylic acids is 1. The van der Waals surface area contributed by atoms with Crippen molar-refractivity contribution in [3.05, 3.63) is 23.5 Å². The van der Waals surface area contributed by atoms with E-state index >= 15 is 0 Å². The first kappa shape index (κ1) is 13.8. The quantitative estimate of drug-likeness (QED) is 0.600. The van der Waals surface area contributed by atoms with Crippen molar-refractivity contribution in [2.75, 3.05) is 13.2 Å². The summed E-state index contributed by atoms with van der Waals surface area (Å²) < 4.78 is 24.2. The van der Waals surface area contributed by atoms with Crippen LogP contribution in [0.2, 0.25) is 0 Å². The van der Waals surface area contributed by atoms with E-state index in [1.165, 1.54) is 6.07 Å². The Morgan fingerprint density at radius 1 is 1.53 bits per heavy atom. The maximum atomic E-state index is 13.8. The van der Waals surface area contributed by atoms with Crippen molar-refractivity contribution in [2.24, 2.45) is 5.73 Å². The molecular weight excluding hydrogens is 256 g/mol. The summed E-state index contributed by atoms with van der Waals surface area (Å²) in [5.41, 5.74) is 5.51. The fourth-order valence-electron chi connectivity index (χ4n) is 1.92. The third-order valence-corrected chi connectivity index (χ3v) is 2.86. The van der Waals surface area contributed by atoms with Crippen molar-refractivity contribution in [1.82, 2.24) is 0 Å². The molecule has 0 fully saturated rings. The number of halogens is 1. The summed E-state index contributed by atoms with van der Waals surface area (Å²) in [6.07, 6.45) is -0.256. The van der Waals surface area contributed by atoms with Crippen LogP contribution in [0.4, 0.5) is 4.39 Å². The van der Waals surface area contributed by atoms with Gasteiger partial charge in [-0.05, 0) is 17.7 Å². The van der Waals surface area contributed by atoms with Gasteiger partial charge in [0.1, 0.15) is 24.2 Å². The van der Waals surface area contributed by atoms with E-state index in [2.05, 4.69) is 0 Å². The molecule has 19 heavy (non-hydrogen) atoms. The van der Waals surface area contributed by atoms with Crippen molar-refractivity contribution in [3.63, 3.8) is 0 Å². The van der Waals surface area contributed by atoms with Crippen LogP contribution in [0.5, 0.6) is 5.75 Å². The van der Waals surface area contributed by atoms with Gasteiger partial charge in [-0.2, -0.15) is 0 Å². The average Bonchev–Trinajstić information content (AvgIpc) is 2.55. The van der Waals surface area contributed by atoms with E-state index in [1.54, 1.807) is 0 Å². The summed E-state index contributed by atoms with van der Waals surface area (Å²) in [7, 11) is -1.36. The Balaban J connectivity index is 2.44. The van der Waals surface area contributed by atoms with Crippen LogP contribution in [-0.2, 0) is 15.9 Å². The van der Waals surface area contributed by atoms with E-state index in [9.17, 15) is 14.2 Å². The number of rotatable bonds is 3. The molecule has 0 spiro atoms. The van der Waals surface area contributed by atoms with E-state index in [0.29, 0.717) is 0 Å². The van der Waals surface area contributed by atoms with Gasteiger partial charge in [0, 0.05) is 11.9 Å². The van der Waals surface area contributed by atoms with E-state index in [-0.39, 0.29) is 36.4 Å². The lowest BCUT2D eigenvalue weighted by atomic mass is 9.74. The molecule has 0 saturated heterocycles. The van der Waals surface area contributed by atoms with Crippen molar-refractivity contribution >= 4 is 18.6 Å². The number of benzene rings is 1. The molecule has 1 aliphatic rings. The monoisotopic (exact) mass is 269 g/mol. The van der Waals surface area contributed by atoms with Crippen molar-refractivity contribution in [2.45, 2.75) is 12.5 Å². The lowest BCUT2D eigenvalue weighted by Crippen LogP contribution is -2.40. The fraction of sp³-hybridized carbons (Fsp3) is 0.364. The minimum atomic E-state index is -1.36. The first-order chi connectivity index (χ1) is 9.00. The first-order valence-corrected chi connectivity index (χ1v) is 5.73. The molecule has 1 aliphatic heterocycles. The Morgan fingerprint density at radius 3 is 2.95 bits per heavy atom. The van der Waals surface area contributed by atoms with Gasteiger partial charge in [0.15, 0.2) is 0 Å². The summed E-state index contributed by atoms with van der Waals surface area (Å²) in [5, 5.41) is 18.6. The first-order valence-electron chi connectivity index (χ1n) is 5.73. The number of fused-ring (bicyclic) bond motifs is 1. The fourth-order valence-corrected chi connectivity index (χ4v) is 1.92. The Hall–Kier alpha value is -1.64. The van der Waals surface area contributed by atoms with E-state index in [0.717, 1.165) is 6.07 Å². The molecule has 0 unspecified atom stereocenters. The van der Waals surface area contributed by atoms with Crippen LogP contribution >= 0.6 is 0 Å². The maximum Gasteiger partial charge on any atom is 0.495 e. The minimum absolute atomic E-state index is 0.00167. The molecule has 0 saturated carbocycles. The van der Waals surface area contributed by atoms with Crippen LogP contribution in [-0.4, -0.2) is 42.5 Å². The van der Waals surface area contributed by atoms with Crippen molar-refractivity contribution in [1.29, 1.82) is 0 Å². The minimum Gasteiger partial charge on any atom is -0.492 e. The van der Waals surface area contributed by atoms with Gasteiger partial charge in [0.25, 0.3) is 0 Å². The number of ether oxygens (including phenoxy) is 1. The van der Waals surface area contributed by atoms with Crippen LogP contribution in [0, 0.1) is 5.82 Å². The molecule has 102 valence electrons. The summed E-state index contributed by atoms with van der Waals surface area (Å²) >= 11 is 0. The van der Waals surface area contributed by atoms with Gasteiger partial charge in [0.05, 0.1) is 6.61 Å². The number of hydrogen-bond donors (Lipinski definition) is 3. The molecule has 1 aromatic carbocycles. The number of carboxylic acid groups (broad SMARTS) is 1. The molecule has 0 bridgehead atoms. The highest BCUT2D eigenvalue weighted by molar-refractivity contribution is 6.61. The summed E-state index contributed by atoms with van der Waals surface area (Å²) in [5.74, 6) is -1.62.